The third-order valence-corrected chi connectivity index (χ3v) is 4.19. The second kappa shape index (κ2) is 6.93. The lowest BCUT2D eigenvalue weighted by Crippen LogP contribution is -2.12. The number of ether oxygens (including phenoxy) is 3. The lowest BCUT2D eigenvalue weighted by molar-refractivity contribution is -0.136. The molecule has 1 saturated carbocycles. The van der Waals surface area contributed by atoms with Crippen LogP contribution in [0.25, 0.3) is 0 Å². The first-order valence-electron chi connectivity index (χ1n) is 7.77. The minimum Gasteiger partial charge on any atom is -0.493 e. The Morgan fingerprint density at radius 3 is 2.40 bits per heavy atom. The molecule has 3 rings (SSSR count). The van der Waals surface area contributed by atoms with Crippen molar-refractivity contribution < 1.29 is 28.2 Å². The number of rotatable bonds is 5. The molecule has 0 bridgehead atoms. The number of esters is 2. The summed E-state index contributed by atoms with van der Waals surface area (Å²) in [4.78, 5) is 23.9. The number of carbonyl (C=O) groups is 2. The van der Waals surface area contributed by atoms with E-state index in [2.05, 4.69) is 4.74 Å². The molecule has 6 heteroatoms. The zero-order chi connectivity index (χ0) is 18.0. The highest BCUT2D eigenvalue weighted by Gasteiger charge is 2.45. The number of benzene rings is 2. The number of methoxy groups -OCH3 is 2. The Labute approximate surface area is 144 Å². The molecule has 25 heavy (non-hydrogen) atoms. The molecule has 0 N–H and O–H groups in total. The van der Waals surface area contributed by atoms with Gasteiger partial charge in [-0.2, -0.15) is 0 Å². The molecule has 0 radical (unpaired) electrons. The SMILES string of the molecule is COC(=O)c1ccc(OC(=O)C2CC2c2ccc(F)cc2)c(OC)c1. The number of halogens is 1. The molecule has 0 saturated heterocycles. The molecular weight excluding hydrogens is 327 g/mol. The van der Waals surface area contributed by atoms with E-state index in [0.29, 0.717) is 12.0 Å². The van der Waals surface area contributed by atoms with Gasteiger partial charge in [-0.25, -0.2) is 9.18 Å². The summed E-state index contributed by atoms with van der Waals surface area (Å²) < 4.78 is 28.2. The van der Waals surface area contributed by atoms with Crippen LogP contribution in [-0.4, -0.2) is 26.2 Å². The van der Waals surface area contributed by atoms with Gasteiger partial charge in [-0.3, -0.25) is 4.79 Å². The highest BCUT2D eigenvalue weighted by Crippen LogP contribution is 2.48. The van der Waals surface area contributed by atoms with Crippen LogP contribution in [0, 0.1) is 11.7 Å². The molecule has 0 aromatic heterocycles. The smallest absolute Gasteiger partial charge is 0.337 e. The van der Waals surface area contributed by atoms with Gasteiger partial charge in [0.05, 0.1) is 25.7 Å². The van der Waals surface area contributed by atoms with Crippen molar-refractivity contribution in [2.45, 2.75) is 12.3 Å². The molecule has 5 nitrogen and oxygen atoms in total. The molecule has 0 heterocycles. The second-order valence-electron chi connectivity index (χ2n) is 5.78. The van der Waals surface area contributed by atoms with Gasteiger partial charge in [-0.15, -0.1) is 0 Å². The van der Waals surface area contributed by atoms with E-state index < -0.39 is 5.97 Å². The fourth-order valence-corrected chi connectivity index (χ4v) is 2.71. The molecule has 1 fully saturated rings. The normalized spacial score (nSPS) is 18.4. The van der Waals surface area contributed by atoms with Crippen molar-refractivity contribution in [1.29, 1.82) is 0 Å². The van der Waals surface area contributed by atoms with E-state index in [1.165, 1.54) is 44.6 Å². The van der Waals surface area contributed by atoms with E-state index >= 15 is 0 Å². The molecule has 2 unspecified atom stereocenters. The standard InChI is InChI=1S/C19H17FO5/c1-23-17-9-12(18(21)24-2)5-8-16(17)25-19(22)15-10-14(15)11-3-6-13(20)7-4-11/h3-9,14-15H,10H2,1-2H3. The Bertz CT molecular complexity index is 800. The summed E-state index contributed by atoms with van der Waals surface area (Å²) in [5, 5.41) is 0. The minimum atomic E-state index is -0.505. The molecule has 0 aliphatic heterocycles. The Balaban J connectivity index is 1.69. The molecule has 0 spiro atoms. The third kappa shape index (κ3) is 3.63. The van der Waals surface area contributed by atoms with Gasteiger partial charge in [0.15, 0.2) is 11.5 Å². The number of hydrogen-bond acceptors (Lipinski definition) is 5. The average Bonchev–Trinajstić information content (AvgIpc) is 3.42. The fraction of sp³-hybridized carbons (Fsp3) is 0.263. The van der Waals surface area contributed by atoms with Gasteiger partial charge < -0.3 is 14.2 Å². The van der Waals surface area contributed by atoms with Gasteiger partial charge in [0.2, 0.25) is 0 Å². The van der Waals surface area contributed by atoms with Crippen LogP contribution in [0.15, 0.2) is 42.5 Å². The maximum Gasteiger partial charge on any atom is 0.337 e. The van der Waals surface area contributed by atoms with Gasteiger partial charge in [0.25, 0.3) is 0 Å². The first-order valence-corrected chi connectivity index (χ1v) is 7.77. The van der Waals surface area contributed by atoms with Crippen LogP contribution in [-0.2, 0) is 9.53 Å². The zero-order valence-corrected chi connectivity index (χ0v) is 13.8. The zero-order valence-electron chi connectivity index (χ0n) is 13.8. The van der Waals surface area contributed by atoms with E-state index in [9.17, 15) is 14.0 Å². The first-order chi connectivity index (χ1) is 12.0. The van der Waals surface area contributed by atoms with Gasteiger partial charge in [-0.05, 0) is 48.2 Å². The average molecular weight is 344 g/mol. The van der Waals surface area contributed by atoms with Gasteiger partial charge >= 0.3 is 11.9 Å². The van der Waals surface area contributed by atoms with Gasteiger partial charge in [0.1, 0.15) is 5.82 Å². The van der Waals surface area contributed by atoms with Crippen LogP contribution in [0.1, 0.15) is 28.3 Å². The highest BCUT2D eigenvalue weighted by molar-refractivity contribution is 5.90. The van der Waals surface area contributed by atoms with Crippen LogP contribution in [0.2, 0.25) is 0 Å². The predicted molar refractivity (Wildman–Crippen MR) is 87.2 cm³/mol. The monoisotopic (exact) mass is 344 g/mol. The Kier molecular flexibility index (Phi) is 4.70. The van der Waals surface area contributed by atoms with Gasteiger partial charge in [0, 0.05) is 0 Å². The van der Waals surface area contributed by atoms with Crippen LogP contribution in [0.4, 0.5) is 4.39 Å². The molecule has 0 amide bonds. The summed E-state index contributed by atoms with van der Waals surface area (Å²) in [6.45, 7) is 0. The second-order valence-corrected chi connectivity index (χ2v) is 5.78. The summed E-state index contributed by atoms with van der Waals surface area (Å²) >= 11 is 0. The molecule has 2 atom stereocenters. The number of hydrogen-bond donors (Lipinski definition) is 0. The molecule has 1 aliphatic carbocycles. The molecule has 2 aromatic rings. The first kappa shape index (κ1) is 17.0. The van der Waals surface area contributed by atoms with Crippen molar-refractivity contribution >= 4 is 11.9 Å². The van der Waals surface area contributed by atoms with Crippen LogP contribution in [0.3, 0.4) is 0 Å². The van der Waals surface area contributed by atoms with Crippen LogP contribution < -0.4 is 9.47 Å². The van der Waals surface area contributed by atoms with E-state index in [0.717, 1.165) is 5.56 Å². The quantitative estimate of drug-likeness (QED) is 0.615. The topological polar surface area (TPSA) is 61.8 Å². The van der Waals surface area contributed by atoms with E-state index in [1.807, 2.05) is 0 Å². The maximum atomic E-state index is 13.0. The van der Waals surface area contributed by atoms with Gasteiger partial charge in [-0.1, -0.05) is 12.1 Å². The largest absolute Gasteiger partial charge is 0.493 e. The Hall–Kier alpha value is -2.89. The van der Waals surface area contributed by atoms with Crippen LogP contribution in [0.5, 0.6) is 11.5 Å². The molecule has 130 valence electrons. The molecule has 1 aliphatic rings. The van der Waals surface area contributed by atoms with Crippen molar-refractivity contribution in [2.24, 2.45) is 5.92 Å². The summed E-state index contributed by atoms with van der Waals surface area (Å²) in [6, 6.07) is 10.6. The van der Waals surface area contributed by atoms with Crippen molar-refractivity contribution in [3.8, 4) is 11.5 Å². The summed E-state index contributed by atoms with van der Waals surface area (Å²) in [7, 11) is 2.71. The Morgan fingerprint density at radius 2 is 1.76 bits per heavy atom. The fourth-order valence-electron chi connectivity index (χ4n) is 2.71. The molecule has 2 aromatic carbocycles. The highest BCUT2D eigenvalue weighted by atomic mass is 19.1. The third-order valence-electron chi connectivity index (χ3n) is 4.19. The van der Waals surface area contributed by atoms with Crippen LogP contribution >= 0.6 is 0 Å². The summed E-state index contributed by atoms with van der Waals surface area (Å²) in [6.07, 6.45) is 0.660. The number of carbonyl (C=O) groups excluding carboxylic acids is 2. The van der Waals surface area contributed by atoms with E-state index in [4.69, 9.17) is 9.47 Å². The lowest BCUT2D eigenvalue weighted by atomic mass is 10.1. The van der Waals surface area contributed by atoms with E-state index in [1.54, 1.807) is 12.1 Å². The summed E-state index contributed by atoms with van der Waals surface area (Å²) in [5.41, 5.74) is 1.21. The van der Waals surface area contributed by atoms with Crippen molar-refractivity contribution in [3.63, 3.8) is 0 Å². The van der Waals surface area contributed by atoms with Crippen molar-refractivity contribution in [2.75, 3.05) is 14.2 Å². The van der Waals surface area contributed by atoms with Crippen molar-refractivity contribution in [3.05, 3.63) is 59.4 Å². The van der Waals surface area contributed by atoms with Crippen molar-refractivity contribution in [1.82, 2.24) is 0 Å². The Morgan fingerprint density at radius 1 is 1.04 bits per heavy atom. The molecular formula is C19H17FO5. The predicted octanol–water partition coefficient (Wildman–Crippen LogP) is 3.33. The maximum absolute atomic E-state index is 13.0. The summed E-state index contributed by atoms with van der Waals surface area (Å²) in [5.74, 6) is -0.906. The minimum absolute atomic E-state index is 0.0356. The van der Waals surface area contributed by atoms with E-state index in [-0.39, 0.29) is 35.1 Å². The lowest BCUT2D eigenvalue weighted by Gasteiger charge is -2.10.